The molecule has 1 aliphatic heterocycles. The van der Waals surface area contributed by atoms with Gasteiger partial charge in [0.2, 0.25) is 5.91 Å². The summed E-state index contributed by atoms with van der Waals surface area (Å²) in [5, 5.41) is 2.70. The van der Waals surface area contributed by atoms with Crippen molar-refractivity contribution >= 4 is 11.6 Å². The predicted octanol–water partition coefficient (Wildman–Crippen LogP) is 1.36. The Kier molecular flexibility index (Phi) is 2.11. The molecule has 0 aromatic heterocycles. The molecular weight excluding hydrogens is 183 g/mol. The lowest BCUT2D eigenvalue weighted by Gasteiger charge is -2.11. The molecule has 1 unspecified atom stereocenters. The molecule has 3 N–H and O–H groups in total. The number of halogens is 1. The van der Waals surface area contributed by atoms with Gasteiger partial charge < -0.3 is 11.1 Å². The number of hydrogen-bond donors (Lipinski definition) is 2. The third-order valence-electron chi connectivity index (χ3n) is 2.39. The Morgan fingerprint density at radius 3 is 2.93 bits per heavy atom. The normalized spacial score (nSPS) is 20.9. The van der Waals surface area contributed by atoms with Crippen LogP contribution in [0.1, 0.15) is 24.4 Å². The van der Waals surface area contributed by atoms with E-state index in [0.717, 1.165) is 0 Å². The molecule has 0 aliphatic carbocycles. The zero-order chi connectivity index (χ0) is 10.1. The minimum atomic E-state index is -0.314. The fourth-order valence-corrected chi connectivity index (χ4v) is 1.68. The van der Waals surface area contributed by atoms with E-state index in [-0.39, 0.29) is 17.8 Å². The molecule has 1 aliphatic rings. The summed E-state index contributed by atoms with van der Waals surface area (Å²) >= 11 is 0. The van der Waals surface area contributed by atoms with E-state index in [1.807, 2.05) is 0 Å². The van der Waals surface area contributed by atoms with Crippen LogP contribution >= 0.6 is 0 Å². The van der Waals surface area contributed by atoms with Gasteiger partial charge in [-0.2, -0.15) is 0 Å². The van der Waals surface area contributed by atoms with Crippen LogP contribution in [0.5, 0.6) is 0 Å². The lowest BCUT2D eigenvalue weighted by molar-refractivity contribution is -0.119. The molecule has 1 fully saturated rings. The highest BCUT2D eigenvalue weighted by atomic mass is 19.1. The highest BCUT2D eigenvalue weighted by molar-refractivity contribution is 5.78. The zero-order valence-corrected chi connectivity index (χ0v) is 7.59. The average molecular weight is 194 g/mol. The van der Waals surface area contributed by atoms with Gasteiger partial charge in [0, 0.05) is 17.7 Å². The van der Waals surface area contributed by atoms with Gasteiger partial charge in [-0.15, -0.1) is 0 Å². The monoisotopic (exact) mass is 194 g/mol. The van der Waals surface area contributed by atoms with E-state index in [4.69, 9.17) is 5.73 Å². The molecule has 2 rings (SSSR count). The SMILES string of the molecule is Nc1ccc(F)c(C2CCC(=O)N2)c1. The zero-order valence-electron chi connectivity index (χ0n) is 7.59. The van der Waals surface area contributed by atoms with Crippen molar-refractivity contribution in [2.45, 2.75) is 18.9 Å². The van der Waals surface area contributed by atoms with Crippen molar-refractivity contribution in [2.75, 3.05) is 5.73 Å². The van der Waals surface area contributed by atoms with E-state index in [9.17, 15) is 9.18 Å². The maximum atomic E-state index is 13.3. The van der Waals surface area contributed by atoms with Gasteiger partial charge in [0.15, 0.2) is 0 Å². The summed E-state index contributed by atoms with van der Waals surface area (Å²) in [5.74, 6) is -0.344. The number of amides is 1. The predicted molar refractivity (Wildman–Crippen MR) is 50.9 cm³/mol. The van der Waals surface area contributed by atoms with E-state index in [2.05, 4.69) is 5.32 Å². The minimum Gasteiger partial charge on any atom is -0.399 e. The summed E-state index contributed by atoms with van der Waals surface area (Å²) in [6.45, 7) is 0. The van der Waals surface area contributed by atoms with E-state index in [1.165, 1.54) is 12.1 Å². The van der Waals surface area contributed by atoms with Crippen LogP contribution < -0.4 is 11.1 Å². The second-order valence-electron chi connectivity index (χ2n) is 3.44. The fraction of sp³-hybridized carbons (Fsp3) is 0.300. The van der Waals surface area contributed by atoms with E-state index in [1.54, 1.807) is 6.07 Å². The van der Waals surface area contributed by atoms with Crippen molar-refractivity contribution < 1.29 is 9.18 Å². The van der Waals surface area contributed by atoms with Crippen LogP contribution in [0.2, 0.25) is 0 Å². The average Bonchev–Trinajstić information content (AvgIpc) is 2.56. The first-order chi connectivity index (χ1) is 6.66. The maximum absolute atomic E-state index is 13.3. The second kappa shape index (κ2) is 3.29. The Morgan fingerprint density at radius 2 is 2.29 bits per heavy atom. The number of carbonyl (C=O) groups is 1. The van der Waals surface area contributed by atoms with Gasteiger partial charge in [-0.25, -0.2) is 4.39 Å². The second-order valence-corrected chi connectivity index (χ2v) is 3.44. The molecule has 0 radical (unpaired) electrons. The Hall–Kier alpha value is -1.58. The molecule has 1 heterocycles. The van der Waals surface area contributed by atoms with Crippen molar-refractivity contribution in [3.05, 3.63) is 29.6 Å². The molecule has 1 amide bonds. The molecule has 1 aromatic rings. The molecule has 1 atom stereocenters. The van der Waals surface area contributed by atoms with Gasteiger partial charge in [-0.05, 0) is 24.6 Å². The summed E-state index contributed by atoms with van der Waals surface area (Å²) in [6, 6.07) is 4.20. The Morgan fingerprint density at radius 1 is 1.50 bits per heavy atom. The van der Waals surface area contributed by atoms with Crippen molar-refractivity contribution in [1.29, 1.82) is 0 Å². The first kappa shape index (κ1) is 8.99. The quantitative estimate of drug-likeness (QED) is 0.663. The maximum Gasteiger partial charge on any atom is 0.220 e. The Labute approximate surface area is 81.1 Å². The van der Waals surface area contributed by atoms with Crippen LogP contribution in [-0.4, -0.2) is 5.91 Å². The smallest absolute Gasteiger partial charge is 0.220 e. The molecular formula is C10H11FN2O. The van der Waals surface area contributed by atoms with E-state index in [0.29, 0.717) is 24.1 Å². The molecule has 1 aromatic carbocycles. The number of nitrogens with two attached hydrogens (primary N) is 1. The van der Waals surface area contributed by atoms with Crippen LogP contribution in [0.4, 0.5) is 10.1 Å². The number of nitrogen functional groups attached to an aromatic ring is 1. The Bertz CT molecular complexity index is 378. The molecule has 0 bridgehead atoms. The Balaban J connectivity index is 2.31. The lowest BCUT2D eigenvalue weighted by atomic mass is 10.0. The summed E-state index contributed by atoms with van der Waals surface area (Å²) in [4.78, 5) is 11.0. The van der Waals surface area contributed by atoms with Crippen LogP contribution in [0.15, 0.2) is 18.2 Å². The number of benzene rings is 1. The molecule has 1 saturated heterocycles. The number of rotatable bonds is 1. The third kappa shape index (κ3) is 1.55. The summed E-state index contributed by atoms with van der Waals surface area (Å²) < 4.78 is 13.3. The van der Waals surface area contributed by atoms with Crippen molar-refractivity contribution in [3.63, 3.8) is 0 Å². The van der Waals surface area contributed by atoms with E-state index >= 15 is 0 Å². The molecule has 14 heavy (non-hydrogen) atoms. The molecule has 0 saturated carbocycles. The highest BCUT2D eigenvalue weighted by Gasteiger charge is 2.24. The molecule has 3 nitrogen and oxygen atoms in total. The van der Waals surface area contributed by atoms with Gasteiger partial charge in [-0.1, -0.05) is 0 Å². The lowest BCUT2D eigenvalue weighted by Crippen LogP contribution is -2.19. The van der Waals surface area contributed by atoms with Crippen molar-refractivity contribution in [3.8, 4) is 0 Å². The summed E-state index contributed by atoms with van der Waals surface area (Å²) in [7, 11) is 0. The first-order valence-corrected chi connectivity index (χ1v) is 4.51. The number of anilines is 1. The first-order valence-electron chi connectivity index (χ1n) is 4.51. The molecule has 74 valence electrons. The van der Waals surface area contributed by atoms with Gasteiger partial charge in [0.05, 0.1) is 6.04 Å². The van der Waals surface area contributed by atoms with Crippen LogP contribution in [0.3, 0.4) is 0 Å². The van der Waals surface area contributed by atoms with Gasteiger partial charge in [0.25, 0.3) is 0 Å². The van der Waals surface area contributed by atoms with Crippen molar-refractivity contribution in [1.82, 2.24) is 5.32 Å². The largest absolute Gasteiger partial charge is 0.399 e. The van der Waals surface area contributed by atoms with Gasteiger partial charge in [-0.3, -0.25) is 4.79 Å². The topological polar surface area (TPSA) is 55.1 Å². The summed E-state index contributed by atoms with van der Waals surface area (Å²) in [5.41, 5.74) is 6.55. The van der Waals surface area contributed by atoms with Crippen LogP contribution in [-0.2, 0) is 4.79 Å². The number of hydrogen-bond acceptors (Lipinski definition) is 2. The van der Waals surface area contributed by atoms with E-state index < -0.39 is 0 Å². The third-order valence-corrected chi connectivity index (χ3v) is 2.39. The highest BCUT2D eigenvalue weighted by Crippen LogP contribution is 2.27. The number of nitrogens with one attached hydrogen (secondary N) is 1. The van der Waals surface area contributed by atoms with Crippen molar-refractivity contribution in [2.24, 2.45) is 0 Å². The van der Waals surface area contributed by atoms with Crippen LogP contribution in [0.25, 0.3) is 0 Å². The minimum absolute atomic E-state index is 0.0307. The van der Waals surface area contributed by atoms with Gasteiger partial charge in [0.1, 0.15) is 5.82 Å². The summed E-state index contributed by atoms with van der Waals surface area (Å²) in [6.07, 6.45) is 1.10. The van der Waals surface area contributed by atoms with Gasteiger partial charge >= 0.3 is 0 Å². The molecule has 0 spiro atoms. The standard InChI is InChI=1S/C10H11FN2O/c11-8-2-1-6(12)5-7(8)9-3-4-10(14)13-9/h1-2,5,9H,3-4,12H2,(H,13,14). The molecule has 4 heteroatoms. The number of carbonyl (C=O) groups excluding carboxylic acids is 1. The van der Waals surface area contributed by atoms with Crippen LogP contribution in [0, 0.1) is 5.82 Å². The fourth-order valence-electron chi connectivity index (χ4n) is 1.68.